The third-order valence-corrected chi connectivity index (χ3v) is 7.57. The van der Waals surface area contributed by atoms with Crippen molar-refractivity contribution in [2.45, 2.75) is 67.3 Å². The Balaban J connectivity index is 0.000000794. The third kappa shape index (κ3) is 15.5. The first-order valence-corrected chi connectivity index (χ1v) is 16.4. The summed E-state index contributed by atoms with van der Waals surface area (Å²) in [5.41, 5.74) is 3.26. The third-order valence-electron chi connectivity index (χ3n) is 6.36. The minimum atomic E-state index is -0.332. The Kier molecular flexibility index (Phi) is 22.4. The average Bonchev–Trinajstić information content (AvgIpc) is 3.39. The largest absolute Gasteiger partial charge is 0.492 e. The molecule has 2 amide bonds. The molecule has 1 unspecified atom stereocenters. The van der Waals surface area contributed by atoms with Gasteiger partial charge in [0.1, 0.15) is 11.6 Å². The molecule has 0 bridgehead atoms. The van der Waals surface area contributed by atoms with Gasteiger partial charge in [-0.15, -0.1) is 12.3 Å². The Morgan fingerprint density at radius 2 is 1.79 bits per heavy atom. The predicted molar refractivity (Wildman–Crippen MR) is 194 cm³/mol. The van der Waals surface area contributed by atoms with E-state index in [2.05, 4.69) is 17.7 Å². The van der Waals surface area contributed by atoms with Gasteiger partial charge in [-0.3, -0.25) is 19.7 Å². The van der Waals surface area contributed by atoms with Crippen LogP contribution in [0.3, 0.4) is 0 Å². The van der Waals surface area contributed by atoms with E-state index in [0.29, 0.717) is 35.3 Å². The number of amides is 2. The van der Waals surface area contributed by atoms with E-state index in [4.69, 9.17) is 21.1 Å². The van der Waals surface area contributed by atoms with Gasteiger partial charge in [-0.2, -0.15) is 0 Å². The van der Waals surface area contributed by atoms with E-state index < -0.39 is 0 Å². The lowest BCUT2D eigenvalue weighted by molar-refractivity contribution is -0.115. The molecule has 2 aliphatic heterocycles. The molecule has 0 radical (unpaired) electrons. The standard InChI is InChI=1S/C17H18FNO.C15H20ClNO4S.C3H4.C2H6/c1-4-5-6-15-12(2)19(3)16(11-17(15)20)13-7-9-14(18)10-8-13;1-10(13-14(18)17-15(19)22-13)6-4-7-12(11(2)16)21-9-5-8-20-3;1-3-2;1-2/h4-12H,1-3H3;4,7H,5-6,8-9H2,1-3H3,(H,17,18,19);1H,2H3;1-2H3/b5-4-,15-6+;7-4-,12-11-,13-10+;;. The maximum absolute atomic E-state index is 13.0. The monoisotopic (exact) mass is 686 g/mol. The molecule has 47 heavy (non-hydrogen) atoms. The van der Waals surface area contributed by atoms with E-state index in [0.717, 1.165) is 40.6 Å². The second-order valence-corrected chi connectivity index (χ2v) is 11.3. The number of hydrogen-bond donors (Lipinski definition) is 1. The van der Waals surface area contributed by atoms with Crippen LogP contribution in [0.1, 0.15) is 66.9 Å². The molecule has 0 aliphatic carbocycles. The lowest BCUT2D eigenvalue weighted by Crippen LogP contribution is -2.36. The summed E-state index contributed by atoms with van der Waals surface area (Å²) in [7, 11) is 3.58. The number of ether oxygens (including phenoxy) is 2. The summed E-state index contributed by atoms with van der Waals surface area (Å²) in [5.74, 6) is 2.24. The average molecular weight is 687 g/mol. The van der Waals surface area contributed by atoms with Crippen LogP contribution >= 0.6 is 23.4 Å². The number of methoxy groups -OCH3 is 1. The fourth-order valence-corrected chi connectivity index (χ4v) is 4.79. The summed E-state index contributed by atoms with van der Waals surface area (Å²) < 4.78 is 23.5. The van der Waals surface area contributed by atoms with Crippen molar-refractivity contribution < 1.29 is 28.2 Å². The highest BCUT2D eigenvalue weighted by atomic mass is 35.5. The molecule has 1 fully saturated rings. The summed E-state index contributed by atoms with van der Waals surface area (Å²) >= 11 is 6.92. The van der Waals surface area contributed by atoms with Gasteiger partial charge in [0, 0.05) is 44.5 Å². The van der Waals surface area contributed by atoms with Gasteiger partial charge in [-0.05, 0) is 94.3 Å². The zero-order valence-corrected chi connectivity index (χ0v) is 30.5. The van der Waals surface area contributed by atoms with Crippen molar-refractivity contribution in [2.75, 3.05) is 27.4 Å². The van der Waals surface area contributed by atoms with Gasteiger partial charge in [-0.25, -0.2) is 4.39 Å². The number of halogens is 2. The topological polar surface area (TPSA) is 84.9 Å². The van der Waals surface area contributed by atoms with Crippen molar-refractivity contribution in [3.8, 4) is 12.3 Å². The molecule has 256 valence electrons. The van der Waals surface area contributed by atoms with Gasteiger partial charge in [0.15, 0.2) is 5.78 Å². The molecule has 3 rings (SSSR count). The normalized spacial score (nSPS) is 18.2. The number of rotatable bonds is 10. The van der Waals surface area contributed by atoms with Gasteiger partial charge in [-0.1, -0.05) is 49.8 Å². The molecule has 1 aromatic rings. The summed E-state index contributed by atoms with van der Waals surface area (Å²) in [6.45, 7) is 14.3. The van der Waals surface area contributed by atoms with E-state index in [9.17, 15) is 18.8 Å². The lowest BCUT2D eigenvalue weighted by Gasteiger charge is -2.34. The highest BCUT2D eigenvalue weighted by molar-refractivity contribution is 8.18. The summed E-state index contributed by atoms with van der Waals surface area (Å²) in [4.78, 5) is 37.4. The Morgan fingerprint density at radius 1 is 1.17 bits per heavy atom. The van der Waals surface area contributed by atoms with E-state index in [1.54, 1.807) is 45.2 Å². The van der Waals surface area contributed by atoms with Crippen LogP contribution in [0, 0.1) is 18.2 Å². The van der Waals surface area contributed by atoms with E-state index >= 15 is 0 Å². The first kappa shape index (κ1) is 43.2. The summed E-state index contributed by atoms with van der Waals surface area (Å²) in [6, 6.07) is 6.19. The molecule has 1 atom stereocenters. The maximum atomic E-state index is 13.0. The van der Waals surface area contributed by atoms with Crippen LogP contribution < -0.4 is 5.32 Å². The number of benzene rings is 1. The molecule has 0 saturated carbocycles. The zero-order valence-electron chi connectivity index (χ0n) is 28.9. The van der Waals surface area contributed by atoms with Gasteiger partial charge in [0.25, 0.3) is 11.1 Å². The fourth-order valence-electron chi connectivity index (χ4n) is 3.94. The first-order valence-electron chi connectivity index (χ1n) is 15.2. The number of carbonyl (C=O) groups is 3. The molecule has 1 saturated heterocycles. The number of nitrogens with zero attached hydrogens (tertiary/aromatic N) is 1. The Morgan fingerprint density at radius 3 is 2.30 bits per heavy atom. The van der Waals surface area contributed by atoms with Crippen LogP contribution in [0.5, 0.6) is 0 Å². The number of ketones is 1. The minimum Gasteiger partial charge on any atom is -0.492 e. The Bertz CT molecular complexity index is 1410. The predicted octanol–water partition coefficient (Wildman–Crippen LogP) is 8.95. The van der Waals surface area contributed by atoms with Crippen molar-refractivity contribution >= 4 is 46.0 Å². The molecule has 0 aromatic heterocycles. The van der Waals surface area contributed by atoms with E-state index in [1.165, 1.54) is 12.1 Å². The number of imide groups is 1. The fraction of sp³-hybridized carbons (Fsp3) is 0.378. The molecule has 2 heterocycles. The number of thioether (sulfide) groups is 1. The minimum absolute atomic E-state index is 0.00743. The highest BCUT2D eigenvalue weighted by Crippen LogP contribution is 2.29. The van der Waals surface area contributed by atoms with Gasteiger partial charge in [0.2, 0.25) is 0 Å². The van der Waals surface area contributed by atoms with Crippen molar-refractivity contribution in [2.24, 2.45) is 0 Å². The van der Waals surface area contributed by atoms with Crippen molar-refractivity contribution in [3.05, 3.63) is 98.9 Å². The summed E-state index contributed by atoms with van der Waals surface area (Å²) in [6.07, 6.45) is 16.8. The van der Waals surface area contributed by atoms with Gasteiger partial charge < -0.3 is 14.4 Å². The summed E-state index contributed by atoms with van der Waals surface area (Å²) in [5, 5.41) is 2.47. The first-order chi connectivity index (χ1) is 22.4. The SMILES string of the molecule is C#CC.C/C=C\C=C1\C(=O)C=C(c2ccc(F)cc2)N(C)C1C.CC.COCCCOC(/C=C\C/C(C)=C1/SC(=O)NC1=O)=C(/C)Cl. The molecule has 10 heteroatoms. The number of terminal acetylenes is 1. The zero-order chi connectivity index (χ0) is 35.9. The van der Waals surface area contributed by atoms with Gasteiger partial charge in [0.05, 0.1) is 22.6 Å². The molecule has 0 spiro atoms. The van der Waals surface area contributed by atoms with Crippen LogP contribution in [0.25, 0.3) is 5.70 Å². The van der Waals surface area contributed by atoms with Crippen LogP contribution in [0.15, 0.2) is 87.6 Å². The smallest absolute Gasteiger partial charge is 0.290 e. The van der Waals surface area contributed by atoms with Crippen LogP contribution in [-0.2, 0) is 19.1 Å². The Labute approximate surface area is 289 Å². The van der Waals surface area contributed by atoms with Crippen LogP contribution in [0.2, 0.25) is 0 Å². The van der Waals surface area contributed by atoms with Crippen LogP contribution in [0.4, 0.5) is 9.18 Å². The van der Waals surface area contributed by atoms with Crippen molar-refractivity contribution in [1.29, 1.82) is 0 Å². The van der Waals surface area contributed by atoms with Gasteiger partial charge >= 0.3 is 0 Å². The van der Waals surface area contributed by atoms with Crippen LogP contribution in [-0.4, -0.2) is 55.2 Å². The molecule has 2 aliphatic rings. The molecule has 1 N–H and O–H groups in total. The number of carbonyl (C=O) groups excluding carboxylic acids is 3. The number of allylic oxidation sites excluding steroid dienone is 8. The second kappa shape index (κ2) is 24.3. The van der Waals surface area contributed by atoms with Crippen molar-refractivity contribution in [3.63, 3.8) is 0 Å². The Hall–Kier alpha value is -3.84. The van der Waals surface area contributed by atoms with E-state index in [-0.39, 0.29) is 28.8 Å². The van der Waals surface area contributed by atoms with Crippen molar-refractivity contribution in [1.82, 2.24) is 10.2 Å². The molecule has 1 aromatic carbocycles. The quantitative estimate of drug-likeness (QED) is 0.0865. The van der Waals surface area contributed by atoms with E-state index in [1.807, 2.05) is 70.9 Å². The highest BCUT2D eigenvalue weighted by Gasteiger charge is 2.28. The lowest BCUT2D eigenvalue weighted by atomic mass is 9.94. The molecule has 7 nitrogen and oxygen atoms in total. The number of likely N-dealkylation sites (N-methyl/N-ethyl adjacent to an activating group) is 1. The second-order valence-electron chi connectivity index (χ2n) is 9.78. The molecular weight excluding hydrogens is 639 g/mol. The molecular formula is C37H48ClFN2O5S. The number of hydrogen-bond acceptors (Lipinski definition) is 7. The maximum Gasteiger partial charge on any atom is 0.290 e. The number of nitrogens with one attached hydrogen (secondary N) is 1.